The predicted molar refractivity (Wildman–Crippen MR) is 69.7 cm³/mol. The zero-order valence-electron chi connectivity index (χ0n) is 11.5. The molecule has 0 N–H and O–H groups in total. The Morgan fingerprint density at radius 3 is 2.65 bits per heavy atom. The summed E-state index contributed by atoms with van der Waals surface area (Å²) < 4.78 is 0. The van der Waals surface area contributed by atoms with Crippen LogP contribution in [0.15, 0.2) is 11.6 Å². The molecule has 17 heavy (non-hydrogen) atoms. The lowest BCUT2D eigenvalue weighted by atomic mass is 9.70. The highest BCUT2D eigenvalue weighted by molar-refractivity contribution is 5.78. The van der Waals surface area contributed by atoms with Gasteiger partial charge in [-0.15, -0.1) is 0 Å². The number of aldehydes is 1. The van der Waals surface area contributed by atoms with Gasteiger partial charge in [-0.3, -0.25) is 4.79 Å². The molecule has 0 aliphatic heterocycles. The summed E-state index contributed by atoms with van der Waals surface area (Å²) in [4.78, 5) is 22.6. The first-order chi connectivity index (χ1) is 7.93. The van der Waals surface area contributed by atoms with E-state index in [2.05, 4.69) is 26.8 Å². The molecule has 2 atom stereocenters. The molecule has 0 radical (unpaired) electrons. The first-order valence-electron chi connectivity index (χ1n) is 6.57. The van der Waals surface area contributed by atoms with Gasteiger partial charge in [-0.2, -0.15) is 0 Å². The van der Waals surface area contributed by atoms with Crippen LogP contribution in [-0.2, 0) is 9.59 Å². The van der Waals surface area contributed by atoms with E-state index in [0.717, 1.165) is 12.7 Å². The number of allylic oxidation sites excluding steroid dienone is 2. The molecular formula is C15H24O2. The standard InChI is InChI=1S/C15H24O2/c1-5-13(17)8-7-12(10-16)14-9-6-11(2)15(14,3)4/h6,10,12,14H,5,7-9H2,1-4H3/t12-,14?/m0/s1. The van der Waals surface area contributed by atoms with Gasteiger partial charge >= 0.3 is 0 Å². The Hall–Kier alpha value is -0.920. The highest BCUT2D eigenvalue weighted by Gasteiger charge is 2.39. The largest absolute Gasteiger partial charge is 0.303 e. The fraction of sp³-hybridized carbons (Fsp3) is 0.733. The van der Waals surface area contributed by atoms with Gasteiger partial charge in [0.15, 0.2) is 0 Å². The number of hydrogen-bond acceptors (Lipinski definition) is 2. The summed E-state index contributed by atoms with van der Waals surface area (Å²) in [5.74, 6) is 0.649. The average molecular weight is 236 g/mol. The van der Waals surface area contributed by atoms with Crippen LogP contribution in [0.5, 0.6) is 0 Å². The van der Waals surface area contributed by atoms with Crippen LogP contribution in [0.1, 0.15) is 53.4 Å². The van der Waals surface area contributed by atoms with Gasteiger partial charge in [-0.05, 0) is 31.1 Å². The van der Waals surface area contributed by atoms with E-state index in [1.165, 1.54) is 5.57 Å². The summed E-state index contributed by atoms with van der Waals surface area (Å²) in [6, 6.07) is 0. The van der Waals surface area contributed by atoms with E-state index in [4.69, 9.17) is 0 Å². The van der Waals surface area contributed by atoms with Crippen molar-refractivity contribution in [3.63, 3.8) is 0 Å². The Kier molecular flexibility index (Phi) is 4.67. The number of Topliss-reactive ketones (excluding diaryl/α,β-unsaturated/α-hetero) is 1. The molecule has 0 aromatic heterocycles. The minimum atomic E-state index is 0.0224. The molecule has 1 rings (SSSR count). The minimum Gasteiger partial charge on any atom is -0.303 e. The maximum absolute atomic E-state index is 11.3. The van der Waals surface area contributed by atoms with Crippen molar-refractivity contribution in [2.45, 2.75) is 53.4 Å². The summed E-state index contributed by atoms with van der Waals surface area (Å²) in [5, 5.41) is 0. The van der Waals surface area contributed by atoms with Gasteiger partial charge in [-0.1, -0.05) is 32.4 Å². The van der Waals surface area contributed by atoms with E-state index in [9.17, 15) is 9.59 Å². The topological polar surface area (TPSA) is 34.1 Å². The van der Waals surface area contributed by atoms with Crippen molar-refractivity contribution in [2.75, 3.05) is 0 Å². The van der Waals surface area contributed by atoms with E-state index in [1.807, 2.05) is 6.92 Å². The lowest BCUT2D eigenvalue weighted by Crippen LogP contribution is -2.29. The fourth-order valence-corrected chi connectivity index (χ4v) is 2.73. The van der Waals surface area contributed by atoms with E-state index in [1.54, 1.807) is 0 Å². The van der Waals surface area contributed by atoms with Crippen LogP contribution in [0.4, 0.5) is 0 Å². The number of hydrogen-bond donors (Lipinski definition) is 0. The zero-order chi connectivity index (χ0) is 13.1. The first-order valence-corrected chi connectivity index (χ1v) is 6.57. The van der Waals surface area contributed by atoms with Crippen LogP contribution in [-0.4, -0.2) is 12.1 Å². The van der Waals surface area contributed by atoms with Crippen molar-refractivity contribution in [2.24, 2.45) is 17.3 Å². The van der Waals surface area contributed by atoms with E-state index >= 15 is 0 Å². The molecule has 96 valence electrons. The second-order valence-electron chi connectivity index (χ2n) is 5.68. The van der Waals surface area contributed by atoms with Crippen molar-refractivity contribution >= 4 is 12.1 Å². The third-order valence-electron chi connectivity index (χ3n) is 4.46. The van der Waals surface area contributed by atoms with Crippen molar-refractivity contribution in [3.8, 4) is 0 Å². The van der Waals surface area contributed by atoms with Gasteiger partial charge in [0.2, 0.25) is 0 Å². The normalized spacial score (nSPS) is 24.2. The summed E-state index contributed by atoms with van der Waals surface area (Å²) in [7, 11) is 0. The van der Waals surface area contributed by atoms with Crippen molar-refractivity contribution in [1.82, 2.24) is 0 Å². The SMILES string of the molecule is CCC(=O)CC[C@@H](C=O)C1CC=C(C)C1(C)C. The second kappa shape index (κ2) is 5.61. The summed E-state index contributed by atoms with van der Waals surface area (Å²) in [6.07, 6.45) is 6.11. The number of carbonyl (C=O) groups excluding carboxylic acids is 2. The van der Waals surface area contributed by atoms with Crippen LogP contribution in [0.3, 0.4) is 0 Å². The minimum absolute atomic E-state index is 0.0224. The Morgan fingerprint density at radius 2 is 2.24 bits per heavy atom. The molecule has 0 saturated carbocycles. The smallest absolute Gasteiger partial charge is 0.132 e. The fourth-order valence-electron chi connectivity index (χ4n) is 2.73. The lowest BCUT2D eigenvalue weighted by Gasteiger charge is -2.33. The maximum atomic E-state index is 11.3. The number of ketones is 1. The maximum Gasteiger partial charge on any atom is 0.132 e. The van der Waals surface area contributed by atoms with Crippen LogP contribution in [0, 0.1) is 17.3 Å². The van der Waals surface area contributed by atoms with Gasteiger partial charge in [0.1, 0.15) is 12.1 Å². The summed E-state index contributed by atoms with van der Waals surface area (Å²) in [5.41, 5.74) is 1.47. The number of carbonyl (C=O) groups is 2. The Labute approximate surface area is 104 Å². The molecule has 0 amide bonds. The van der Waals surface area contributed by atoms with Crippen LogP contribution in [0.2, 0.25) is 0 Å². The Morgan fingerprint density at radius 1 is 1.59 bits per heavy atom. The molecule has 1 aliphatic rings. The highest BCUT2D eigenvalue weighted by Crippen LogP contribution is 2.47. The summed E-state index contributed by atoms with van der Waals surface area (Å²) >= 11 is 0. The molecule has 1 aliphatic carbocycles. The Bertz CT molecular complexity index is 326. The van der Waals surface area contributed by atoms with Gasteiger partial charge < -0.3 is 4.79 Å². The van der Waals surface area contributed by atoms with Crippen LogP contribution < -0.4 is 0 Å². The van der Waals surface area contributed by atoms with Gasteiger partial charge in [0.25, 0.3) is 0 Å². The third kappa shape index (κ3) is 3.05. The third-order valence-corrected chi connectivity index (χ3v) is 4.46. The molecule has 1 unspecified atom stereocenters. The molecule has 0 spiro atoms. The van der Waals surface area contributed by atoms with Gasteiger partial charge in [-0.25, -0.2) is 0 Å². The molecule has 0 aromatic rings. The molecule has 2 heteroatoms. The van der Waals surface area contributed by atoms with E-state index < -0.39 is 0 Å². The average Bonchev–Trinajstić information content (AvgIpc) is 2.56. The quantitative estimate of drug-likeness (QED) is 0.522. The molecule has 0 heterocycles. The summed E-state index contributed by atoms with van der Waals surface area (Å²) in [6.45, 7) is 8.42. The molecular weight excluding hydrogens is 212 g/mol. The predicted octanol–water partition coefficient (Wildman–Crippen LogP) is 3.55. The lowest BCUT2D eigenvalue weighted by molar-refractivity contribution is -0.119. The van der Waals surface area contributed by atoms with Crippen molar-refractivity contribution < 1.29 is 9.59 Å². The van der Waals surface area contributed by atoms with E-state index in [0.29, 0.717) is 25.2 Å². The highest BCUT2D eigenvalue weighted by atomic mass is 16.1. The number of rotatable bonds is 6. The molecule has 0 saturated heterocycles. The van der Waals surface area contributed by atoms with Gasteiger partial charge in [0.05, 0.1) is 0 Å². The molecule has 0 aromatic carbocycles. The van der Waals surface area contributed by atoms with Crippen molar-refractivity contribution in [3.05, 3.63) is 11.6 Å². The molecule has 2 nitrogen and oxygen atoms in total. The zero-order valence-corrected chi connectivity index (χ0v) is 11.5. The van der Waals surface area contributed by atoms with Crippen molar-refractivity contribution in [1.29, 1.82) is 0 Å². The van der Waals surface area contributed by atoms with Gasteiger partial charge in [0, 0.05) is 18.8 Å². The first kappa shape index (κ1) is 14.1. The molecule has 0 fully saturated rings. The Balaban J connectivity index is 2.64. The second-order valence-corrected chi connectivity index (χ2v) is 5.68. The molecule has 0 bridgehead atoms. The van der Waals surface area contributed by atoms with Crippen LogP contribution in [0.25, 0.3) is 0 Å². The van der Waals surface area contributed by atoms with E-state index in [-0.39, 0.29) is 17.1 Å². The van der Waals surface area contributed by atoms with Crippen LogP contribution >= 0.6 is 0 Å². The monoisotopic (exact) mass is 236 g/mol.